The van der Waals surface area contributed by atoms with Crippen LogP contribution in [0.25, 0.3) is 0 Å². The van der Waals surface area contributed by atoms with Crippen LogP contribution in [-0.2, 0) is 0 Å². The second-order valence-electron chi connectivity index (χ2n) is 5.70. The summed E-state index contributed by atoms with van der Waals surface area (Å²) in [4.78, 5) is 12.6. The smallest absolute Gasteiger partial charge is 0.251 e. The minimum absolute atomic E-state index is 0.0237. The van der Waals surface area contributed by atoms with Gasteiger partial charge in [0.2, 0.25) is 0 Å². The Hall–Kier alpha value is -2.29. The molecule has 0 aliphatic carbocycles. The summed E-state index contributed by atoms with van der Waals surface area (Å²) >= 11 is 0. The summed E-state index contributed by atoms with van der Waals surface area (Å²) in [6, 6.07) is 13.8. The van der Waals surface area contributed by atoms with Crippen molar-refractivity contribution in [3.63, 3.8) is 0 Å². The second kappa shape index (κ2) is 7.82. The van der Waals surface area contributed by atoms with Gasteiger partial charge >= 0.3 is 0 Å². The molecule has 0 heterocycles. The van der Waals surface area contributed by atoms with Crippen molar-refractivity contribution in [3.05, 3.63) is 64.7 Å². The van der Waals surface area contributed by atoms with E-state index in [1.165, 1.54) is 11.1 Å². The summed E-state index contributed by atoms with van der Waals surface area (Å²) in [5, 5.41) is 3.14. The highest BCUT2D eigenvalue weighted by atomic mass is 16.5. The number of carbonyl (C=O) groups is 1. The van der Waals surface area contributed by atoms with E-state index in [-0.39, 0.29) is 11.9 Å². The van der Waals surface area contributed by atoms with Crippen LogP contribution in [0.1, 0.15) is 53.4 Å². The van der Waals surface area contributed by atoms with Crippen LogP contribution in [0.4, 0.5) is 0 Å². The molecule has 2 aromatic rings. The van der Waals surface area contributed by atoms with Crippen LogP contribution < -0.4 is 10.1 Å². The van der Waals surface area contributed by atoms with Gasteiger partial charge in [0.1, 0.15) is 5.75 Å². The zero-order chi connectivity index (χ0) is 16.8. The van der Waals surface area contributed by atoms with E-state index in [4.69, 9.17) is 4.74 Å². The molecule has 0 aromatic heterocycles. The first-order valence-electron chi connectivity index (χ1n) is 8.16. The first-order valence-corrected chi connectivity index (χ1v) is 8.16. The third-order valence-electron chi connectivity index (χ3n) is 4.01. The predicted molar refractivity (Wildman–Crippen MR) is 94.0 cm³/mol. The van der Waals surface area contributed by atoms with Crippen molar-refractivity contribution in [1.29, 1.82) is 0 Å². The highest BCUT2D eigenvalue weighted by molar-refractivity contribution is 5.94. The van der Waals surface area contributed by atoms with Crippen molar-refractivity contribution in [2.24, 2.45) is 0 Å². The van der Waals surface area contributed by atoms with Crippen LogP contribution in [0.5, 0.6) is 5.75 Å². The Labute approximate surface area is 138 Å². The number of nitrogens with one attached hydrogen (secondary N) is 1. The Morgan fingerprint density at radius 3 is 2.43 bits per heavy atom. The second-order valence-corrected chi connectivity index (χ2v) is 5.70. The maximum absolute atomic E-state index is 12.6. The minimum atomic E-state index is -0.0498. The lowest BCUT2D eigenvalue weighted by atomic mass is 9.99. The Morgan fingerprint density at radius 2 is 1.83 bits per heavy atom. The van der Waals surface area contributed by atoms with Gasteiger partial charge < -0.3 is 10.1 Å². The summed E-state index contributed by atoms with van der Waals surface area (Å²) in [6.07, 6.45) is 0.854. The van der Waals surface area contributed by atoms with E-state index in [1.807, 2.05) is 44.2 Å². The van der Waals surface area contributed by atoms with Gasteiger partial charge in [-0.15, -0.1) is 0 Å². The van der Waals surface area contributed by atoms with Crippen LogP contribution in [0, 0.1) is 13.8 Å². The summed E-state index contributed by atoms with van der Waals surface area (Å²) < 4.78 is 5.53. The molecule has 0 saturated carbocycles. The molecule has 3 nitrogen and oxygen atoms in total. The molecule has 0 bridgehead atoms. The summed E-state index contributed by atoms with van der Waals surface area (Å²) in [5.41, 5.74) is 4.01. The van der Waals surface area contributed by atoms with E-state index in [0.29, 0.717) is 12.2 Å². The molecule has 122 valence electrons. The monoisotopic (exact) mass is 311 g/mol. The number of amides is 1. The van der Waals surface area contributed by atoms with Gasteiger partial charge in [0.15, 0.2) is 0 Å². The average molecular weight is 311 g/mol. The number of carbonyl (C=O) groups excluding carboxylic acids is 1. The molecule has 1 N–H and O–H groups in total. The first kappa shape index (κ1) is 17.1. The standard InChI is InChI=1S/C20H25NO2/c1-5-18(17-10-8-7-9-14(17)3)21-20(22)16-11-12-19(23-6-2)15(4)13-16/h7-13,18H,5-6H2,1-4H3,(H,21,22). The van der Waals surface area contributed by atoms with Crippen molar-refractivity contribution in [2.45, 2.75) is 40.2 Å². The molecule has 0 aliphatic heterocycles. The van der Waals surface area contributed by atoms with Gasteiger partial charge in [-0.2, -0.15) is 0 Å². The number of benzene rings is 2. The lowest BCUT2D eigenvalue weighted by molar-refractivity contribution is 0.0935. The largest absolute Gasteiger partial charge is 0.494 e. The van der Waals surface area contributed by atoms with Crippen LogP contribution in [0.3, 0.4) is 0 Å². The fourth-order valence-corrected chi connectivity index (χ4v) is 2.73. The Morgan fingerprint density at radius 1 is 1.09 bits per heavy atom. The van der Waals surface area contributed by atoms with E-state index >= 15 is 0 Å². The SMILES string of the molecule is CCOc1ccc(C(=O)NC(CC)c2ccccc2C)cc1C. The highest BCUT2D eigenvalue weighted by Gasteiger charge is 2.16. The topological polar surface area (TPSA) is 38.3 Å². The fourth-order valence-electron chi connectivity index (χ4n) is 2.73. The van der Waals surface area contributed by atoms with Gasteiger partial charge in [-0.1, -0.05) is 31.2 Å². The number of aryl methyl sites for hydroxylation is 2. The average Bonchev–Trinajstić information content (AvgIpc) is 2.55. The number of hydrogen-bond donors (Lipinski definition) is 1. The van der Waals surface area contributed by atoms with E-state index in [2.05, 4.69) is 31.3 Å². The van der Waals surface area contributed by atoms with Gasteiger partial charge in [-0.3, -0.25) is 4.79 Å². The molecular weight excluding hydrogens is 286 g/mol. The van der Waals surface area contributed by atoms with Gasteiger partial charge in [0.05, 0.1) is 12.6 Å². The van der Waals surface area contributed by atoms with Gasteiger partial charge in [0, 0.05) is 5.56 Å². The van der Waals surface area contributed by atoms with Crippen molar-refractivity contribution in [2.75, 3.05) is 6.61 Å². The summed E-state index contributed by atoms with van der Waals surface area (Å²) in [6.45, 7) is 8.69. The molecule has 0 saturated heterocycles. The van der Waals surface area contributed by atoms with E-state index in [1.54, 1.807) is 0 Å². The quantitative estimate of drug-likeness (QED) is 0.847. The number of ether oxygens (including phenoxy) is 1. The maximum atomic E-state index is 12.6. The van der Waals surface area contributed by atoms with Crippen molar-refractivity contribution >= 4 is 5.91 Å². The number of hydrogen-bond acceptors (Lipinski definition) is 2. The third kappa shape index (κ3) is 4.13. The van der Waals surface area contributed by atoms with Crippen molar-refractivity contribution in [3.8, 4) is 5.75 Å². The van der Waals surface area contributed by atoms with E-state index in [9.17, 15) is 4.79 Å². The Bertz CT molecular complexity index is 679. The van der Waals surface area contributed by atoms with Crippen LogP contribution in [0.2, 0.25) is 0 Å². The van der Waals surface area contributed by atoms with Gasteiger partial charge in [0.25, 0.3) is 5.91 Å². The Balaban J connectivity index is 2.17. The first-order chi connectivity index (χ1) is 11.1. The molecule has 0 fully saturated rings. The van der Waals surface area contributed by atoms with Gasteiger partial charge in [-0.25, -0.2) is 0 Å². The third-order valence-corrected chi connectivity index (χ3v) is 4.01. The molecule has 1 unspecified atom stereocenters. The molecule has 0 spiro atoms. The normalized spacial score (nSPS) is 11.8. The maximum Gasteiger partial charge on any atom is 0.251 e. The predicted octanol–water partition coefficient (Wildman–Crippen LogP) is 4.58. The molecule has 0 radical (unpaired) electrons. The van der Waals surface area contributed by atoms with Crippen LogP contribution in [0.15, 0.2) is 42.5 Å². The Kier molecular flexibility index (Phi) is 5.80. The number of rotatable bonds is 6. The molecule has 3 heteroatoms. The molecule has 23 heavy (non-hydrogen) atoms. The minimum Gasteiger partial charge on any atom is -0.494 e. The zero-order valence-electron chi connectivity index (χ0n) is 14.3. The fraction of sp³-hybridized carbons (Fsp3) is 0.350. The van der Waals surface area contributed by atoms with Gasteiger partial charge in [-0.05, 0) is 62.1 Å². The molecule has 1 amide bonds. The van der Waals surface area contributed by atoms with Crippen LogP contribution in [-0.4, -0.2) is 12.5 Å². The summed E-state index contributed by atoms with van der Waals surface area (Å²) in [5.74, 6) is 0.779. The lowest BCUT2D eigenvalue weighted by Gasteiger charge is -2.20. The highest BCUT2D eigenvalue weighted by Crippen LogP contribution is 2.22. The summed E-state index contributed by atoms with van der Waals surface area (Å²) in [7, 11) is 0. The van der Waals surface area contributed by atoms with E-state index < -0.39 is 0 Å². The van der Waals surface area contributed by atoms with Crippen LogP contribution >= 0.6 is 0 Å². The van der Waals surface area contributed by atoms with Crippen molar-refractivity contribution in [1.82, 2.24) is 5.32 Å². The molecule has 2 aromatic carbocycles. The molecule has 1 atom stereocenters. The van der Waals surface area contributed by atoms with E-state index in [0.717, 1.165) is 17.7 Å². The molecule has 0 aliphatic rings. The zero-order valence-corrected chi connectivity index (χ0v) is 14.3. The molecular formula is C20H25NO2. The van der Waals surface area contributed by atoms with Crippen molar-refractivity contribution < 1.29 is 9.53 Å². The molecule has 2 rings (SSSR count). The lowest BCUT2D eigenvalue weighted by Crippen LogP contribution is -2.28.